The van der Waals surface area contributed by atoms with Gasteiger partial charge in [-0.2, -0.15) is 0 Å². The summed E-state index contributed by atoms with van der Waals surface area (Å²) < 4.78 is 5.61. The quantitative estimate of drug-likeness (QED) is 0.760. The summed E-state index contributed by atoms with van der Waals surface area (Å²) in [7, 11) is 0. The van der Waals surface area contributed by atoms with Crippen molar-refractivity contribution in [3.63, 3.8) is 0 Å². The predicted octanol–water partition coefficient (Wildman–Crippen LogP) is 4.32. The van der Waals surface area contributed by atoms with Crippen molar-refractivity contribution in [3.05, 3.63) is 24.3 Å². The van der Waals surface area contributed by atoms with Crippen LogP contribution in [0.15, 0.2) is 24.3 Å². The van der Waals surface area contributed by atoms with Crippen molar-refractivity contribution in [1.29, 1.82) is 0 Å². The van der Waals surface area contributed by atoms with Gasteiger partial charge in [-0.15, -0.1) is 0 Å². The summed E-state index contributed by atoms with van der Waals surface area (Å²) in [4.78, 5) is 0. The Morgan fingerprint density at radius 1 is 1.06 bits per heavy atom. The van der Waals surface area contributed by atoms with E-state index in [9.17, 15) is 0 Å². The minimum atomic E-state index is 0.235. The molecule has 0 spiro atoms. The van der Waals surface area contributed by atoms with Gasteiger partial charge >= 0.3 is 0 Å². The molecule has 1 N–H and O–H groups in total. The van der Waals surface area contributed by atoms with E-state index in [-0.39, 0.29) is 6.10 Å². The van der Waals surface area contributed by atoms with Crippen LogP contribution >= 0.6 is 0 Å². The molecule has 0 atom stereocenters. The SMILES string of the molecule is CCC(CC)CNc1ccc(OC(C)C)cc1. The van der Waals surface area contributed by atoms with E-state index in [2.05, 4.69) is 31.3 Å². The zero-order valence-corrected chi connectivity index (χ0v) is 11.5. The Morgan fingerprint density at radius 2 is 1.65 bits per heavy atom. The molecule has 96 valence electrons. The van der Waals surface area contributed by atoms with Crippen LogP contribution in [0.3, 0.4) is 0 Å². The van der Waals surface area contributed by atoms with E-state index < -0.39 is 0 Å². The van der Waals surface area contributed by atoms with Crippen molar-refractivity contribution in [2.75, 3.05) is 11.9 Å². The Hall–Kier alpha value is -1.18. The second kappa shape index (κ2) is 7.21. The minimum Gasteiger partial charge on any atom is -0.491 e. The van der Waals surface area contributed by atoms with Crippen LogP contribution in [0, 0.1) is 5.92 Å². The van der Waals surface area contributed by atoms with Crippen LogP contribution in [0.25, 0.3) is 0 Å². The van der Waals surface area contributed by atoms with Crippen molar-refractivity contribution < 1.29 is 4.74 Å². The smallest absolute Gasteiger partial charge is 0.119 e. The van der Waals surface area contributed by atoms with E-state index in [4.69, 9.17) is 4.74 Å². The average Bonchev–Trinajstić information content (AvgIpc) is 2.32. The van der Waals surface area contributed by atoms with Crippen molar-refractivity contribution >= 4 is 5.69 Å². The molecule has 0 bridgehead atoms. The number of benzene rings is 1. The van der Waals surface area contributed by atoms with Crippen LogP contribution < -0.4 is 10.1 Å². The van der Waals surface area contributed by atoms with Crippen LogP contribution in [0.2, 0.25) is 0 Å². The van der Waals surface area contributed by atoms with Gasteiger partial charge in [-0.1, -0.05) is 26.7 Å². The molecule has 0 amide bonds. The summed E-state index contributed by atoms with van der Waals surface area (Å²) in [6, 6.07) is 8.21. The molecule has 2 nitrogen and oxygen atoms in total. The monoisotopic (exact) mass is 235 g/mol. The van der Waals surface area contributed by atoms with Gasteiger partial charge < -0.3 is 10.1 Å². The van der Waals surface area contributed by atoms with Crippen molar-refractivity contribution in [2.24, 2.45) is 5.92 Å². The zero-order valence-electron chi connectivity index (χ0n) is 11.5. The van der Waals surface area contributed by atoms with Gasteiger partial charge in [0, 0.05) is 12.2 Å². The van der Waals surface area contributed by atoms with Gasteiger partial charge in [0.25, 0.3) is 0 Å². The molecule has 1 aromatic carbocycles. The van der Waals surface area contributed by atoms with Crippen LogP contribution in [-0.4, -0.2) is 12.6 Å². The number of hydrogen-bond acceptors (Lipinski definition) is 2. The molecule has 17 heavy (non-hydrogen) atoms. The number of rotatable bonds is 7. The van der Waals surface area contributed by atoms with E-state index in [1.54, 1.807) is 0 Å². The summed E-state index contributed by atoms with van der Waals surface area (Å²) in [5.74, 6) is 1.70. The fourth-order valence-corrected chi connectivity index (χ4v) is 1.76. The van der Waals surface area contributed by atoms with E-state index in [1.165, 1.54) is 18.5 Å². The molecular weight excluding hydrogens is 210 g/mol. The molecule has 0 heterocycles. The van der Waals surface area contributed by atoms with Gasteiger partial charge in [-0.3, -0.25) is 0 Å². The summed E-state index contributed by atoms with van der Waals surface area (Å²) in [6.45, 7) is 9.63. The Morgan fingerprint density at radius 3 is 2.12 bits per heavy atom. The van der Waals surface area contributed by atoms with Crippen LogP contribution in [0.5, 0.6) is 5.75 Å². The average molecular weight is 235 g/mol. The lowest BCUT2D eigenvalue weighted by Crippen LogP contribution is -2.12. The third-order valence-corrected chi connectivity index (χ3v) is 2.98. The van der Waals surface area contributed by atoms with Gasteiger partial charge in [0.15, 0.2) is 0 Å². The van der Waals surface area contributed by atoms with E-state index in [0.29, 0.717) is 0 Å². The molecule has 1 rings (SSSR count). The number of anilines is 1. The highest BCUT2D eigenvalue weighted by molar-refractivity contribution is 5.46. The minimum absolute atomic E-state index is 0.235. The van der Waals surface area contributed by atoms with E-state index in [0.717, 1.165) is 18.2 Å². The molecule has 1 aromatic rings. The predicted molar refractivity (Wildman–Crippen MR) is 74.8 cm³/mol. The van der Waals surface area contributed by atoms with Gasteiger partial charge in [0.05, 0.1) is 6.10 Å². The maximum absolute atomic E-state index is 5.61. The third kappa shape index (κ3) is 5.12. The van der Waals surface area contributed by atoms with Gasteiger partial charge in [0.1, 0.15) is 5.75 Å². The first-order valence-electron chi connectivity index (χ1n) is 6.66. The third-order valence-electron chi connectivity index (χ3n) is 2.98. The summed E-state index contributed by atoms with van der Waals surface area (Å²) >= 11 is 0. The fraction of sp³-hybridized carbons (Fsp3) is 0.600. The Kier molecular flexibility index (Phi) is 5.88. The van der Waals surface area contributed by atoms with Gasteiger partial charge in [-0.25, -0.2) is 0 Å². The van der Waals surface area contributed by atoms with Crippen LogP contribution in [0.1, 0.15) is 40.5 Å². The Bertz CT molecular complexity index is 301. The van der Waals surface area contributed by atoms with Crippen molar-refractivity contribution in [3.8, 4) is 5.75 Å². The largest absolute Gasteiger partial charge is 0.491 e. The van der Waals surface area contributed by atoms with Crippen molar-refractivity contribution in [1.82, 2.24) is 0 Å². The highest BCUT2D eigenvalue weighted by Gasteiger charge is 2.03. The molecule has 0 aliphatic heterocycles. The molecule has 0 aliphatic carbocycles. The number of hydrogen-bond donors (Lipinski definition) is 1. The highest BCUT2D eigenvalue weighted by Crippen LogP contribution is 2.18. The lowest BCUT2D eigenvalue weighted by atomic mass is 10.0. The molecule has 0 fully saturated rings. The molecule has 0 saturated heterocycles. The first kappa shape index (κ1) is 13.9. The highest BCUT2D eigenvalue weighted by atomic mass is 16.5. The van der Waals surface area contributed by atoms with Gasteiger partial charge in [-0.05, 0) is 44.0 Å². The number of nitrogens with one attached hydrogen (secondary N) is 1. The molecule has 2 heteroatoms. The molecule has 0 radical (unpaired) electrons. The molecule has 0 aromatic heterocycles. The second-order valence-corrected chi connectivity index (χ2v) is 4.75. The number of ether oxygens (including phenoxy) is 1. The molecule has 0 saturated carbocycles. The summed E-state index contributed by atoms with van der Waals surface area (Å²) in [5, 5.41) is 3.47. The normalized spacial score (nSPS) is 10.9. The maximum Gasteiger partial charge on any atom is 0.119 e. The maximum atomic E-state index is 5.61. The topological polar surface area (TPSA) is 21.3 Å². The standard InChI is InChI=1S/C15H25NO/c1-5-13(6-2)11-16-14-7-9-15(10-8-14)17-12(3)4/h7-10,12-13,16H,5-6,11H2,1-4H3. The van der Waals surface area contributed by atoms with Crippen LogP contribution in [0.4, 0.5) is 5.69 Å². The zero-order chi connectivity index (χ0) is 12.7. The molecule has 0 unspecified atom stereocenters. The molecule has 0 aliphatic rings. The summed E-state index contributed by atoms with van der Waals surface area (Å²) in [5.41, 5.74) is 1.17. The fourth-order valence-electron chi connectivity index (χ4n) is 1.76. The van der Waals surface area contributed by atoms with Gasteiger partial charge in [0.2, 0.25) is 0 Å². The van der Waals surface area contributed by atoms with E-state index in [1.807, 2.05) is 26.0 Å². The first-order valence-corrected chi connectivity index (χ1v) is 6.66. The van der Waals surface area contributed by atoms with E-state index >= 15 is 0 Å². The second-order valence-electron chi connectivity index (χ2n) is 4.75. The lowest BCUT2D eigenvalue weighted by Gasteiger charge is -2.15. The van der Waals surface area contributed by atoms with Crippen molar-refractivity contribution in [2.45, 2.75) is 46.6 Å². The van der Waals surface area contributed by atoms with Crippen LogP contribution in [-0.2, 0) is 0 Å². The Labute approximate surface area is 105 Å². The lowest BCUT2D eigenvalue weighted by molar-refractivity contribution is 0.242. The Balaban J connectivity index is 2.45. The summed E-state index contributed by atoms with van der Waals surface area (Å²) in [6.07, 6.45) is 2.70. The molecular formula is C15H25NO. The first-order chi connectivity index (χ1) is 8.15.